The largest absolute Gasteiger partial charge is 0.467 e. The molecule has 6 nitrogen and oxygen atoms in total. The third kappa shape index (κ3) is 5.77. The second-order valence-corrected chi connectivity index (χ2v) is 14.2. The van der Waals surface area contributed by atoms with Crippen LogP contribution in [0, 0.1) is 0 Å². The first kappa shape index (κ1) is 21.0. The molecule has 0 aromatic heterocycles. The zero-order valence-corrected chi connectivity index (χ0v) is 17.2. The fourth-order valence-electron chi connectivity index (χ4n) is 2.69. The number of carbonyl (C=O) groups is 2. The number of amides is 1. The Kier molecular flexibility index (Phi) is 6.87. The minimum Gasteiger partial charge on any atom is -0.467 e. The predicted molar refractivity (Wildman–Crippen MR) is 95.9 cm³/mol. The molecule has 1 unspecified atom stereocenters. The Morgan fingerprint density at radius 3 is 2.33 bits per heavy atom. The molecule has 0 bridgehead atoms. The van der Waals surface area contributed by atoms with E-state index in [2.05, 4.69) is 19.6 Å². The smallest absolute Gasteiger partial charge is 0.411 e. The Morgan fingerprint density at radius 1 is 1.21 bits per heavy atom. The SMILES string of the molecule is COC(=O)C1(COCC[Si](C)(C)C)CCCN1C(=O)OC(C)(C)C. The Balaban J connectivity index is 2.85. The van der Waals surface area contributed by atoms with E-state index in [-0.39, 0.29) is 6.61 Å². The first-order chi connectivity index (χ1) is 10.9. The van der Waals surface area contributed by atoms with E-state index in [4.69, 9.17) is 14.2 Å². The fourth-order valence-corrected chi connectivity index (χ4v) is 3.45. The zero-order chi connectivity index (χ0) is 18.6. The number of carbonyl (C=O) groups excluding carboxylic acids is 2. The normalized spacial score (nSPS) is 21.7. The van der Waals surface area contributed by atoms with Gasteiger partial charge in [0.15, 0.2) is 5.54 Å². The van der Waals surface area contributed by atoms with Gasteiger partial charge in [0.1, 0.15) is 5.60 Å². The van der Waals surface area contributed by atoms with Gasteiger partial charge in [-0.2, -0.15) is 0 Å². The van der Waals surface area contributed by atoms with Crippen molar-refractivity contribution in [3.05, 3.63) is 0 Å². The molecule has 1 aliphatic rings. The number of ether oxygens (including phenoxy) is 3. The van der Waals surface area contributed by atoms with Gasteiger partial charge in [0.25, 0.3) is 0 Å². The van der Waals surface area contributed by atoms with Gasteiger partial charge in [0, 0.05) is 21.2 Å². The van der Waals surface area contributed by atoms with Gasteiger partial charge in [-0.25, -0.2) is 9.59 Å². The highest BCUT2D eigenvalue weighted by molar-refractivity contribution is 6.76. The van der Waals surface area contributed by atoms with Gasteiger partial charge in [0.05, 0.1) is 13.7 Å². The third-order valence-corrected chi connectivity index (χ3v) is 5.71. The maximum absolute atomic E-state index is 12.5. The quantitative estimate of drug-likeness (QED) is 0.414. The van der Waals surface area contributed by atoms with Crippen molar-refractivity contribution >= 4 is 20.1 Å². The first-order valence-corrected chi connectivity index (χ1v) is 12.3. The molecule has 1 heterocycles. The molecule has 140 valence electrons. The lowest BCUT2D eigenvalue weighted by molar-refractivity contribution is -0.157. The van der Waals surface area contributed by atoms with Gasteiger partial charge in [-0.15, -0.1) is 0 Å². The second kappa shape index (κ2) is 7.87. The molecule has 1 aliphatic heterocycles. The number of esters is 1. The number of nitrogens with zero attached hydrogens (tertiary/aromatic N) is 1. The van der Waals surface area contributed by atoms with E-state index in [1.807, 2.05) is 20.8 Å². The van der Waals surface area contributed by atoms with Crippen molar-refractivity contribution in [1.29, 1.82) is 0 Å². The minimum atomic E-state index is -1.21. The number of rotatable bonds is 6. The highest BCUT2D eigenvalue weighted by Gasteiger charge is 2.52. The highest BCUT2D eigenvalue weighted by Crippen LogP contribution is 2.33. The van der Waals surface area contributed by atoms with Crippen LogP contribution in [0.3, 0.4) is 0 Å². The number of methoxy groups -OCH3 is 1. The summed E-state index contributed by atoms with van der Waals surface area (Å²) in [5, 5.41) is 0. The summed E-state index contributed by atoms with van der Waals surface area (Å²) < 4.78 is 16.3. The number of likely N-dealkylation sites (tertiary alicyclic amines) is 1. The maximum atomic E-state index is 12.5. The molecule has 1 amide bonds. The van der Waals surface area contributed by atoms with E-state index < -0.39 is 31.3 Å². The summed E-state index contributed by atoms with van der Waals surface area (Å²) in [6.45, 7) is 13.5. The molecule has 7 heteroatoms. The van der Waals surface area contributed by atoms with Crippen LogP contribution in [0.4, 0.5) is 4.79 Å². The van der Waals surface area contributed by atoms with Gasteiger partial charge < -0.3 is 14.2 Å². The van der Waals surface area contributed by atoms with Crippen molar-refractivity contribution in [2.45, 2.75) is 70.4 Å². The average Bonchev–Trinajstić information content (AvgIpc) is 2.85. The summed E-state index contributed by atoms with van der Waals surface area (Å²) in [5.41, 5.74) is -1.68. The number of hydrogen-bond acceptors (Lipinski definition) is 5. The molecule has 1 fully saturated rings. The molecule has 1 saturated heterocycles. The average molecular weight is 360 g/mol. The molecule has 0 saturated carbocycles. The topological polar surface area (TPSA) is 65.1 Å². The summed E-state index contributed by atoms with van der Waals surface area (Å²) in [6, 6.07) is 1.01. The van der Waals surface area contributed by atoms with Crippen LogP contribution in [-0.4, -0.2) is 63.0 Å². The van der Waals surface area contributed by atoms with Crippen molar-refractivity contribution in [1.82, 2.24) is 4.90 Å². The molecule has 1 rings (SSSR count). The molecular formula is C17H33NO5Si. The summed E-state index contributed by atoms with van der Waals surface area (Å²) in [6.07, 6.45) is 0.775. The lowest BCUT2D eigenvalue weighted by Gasteiger charge is -2.36. The Labute approximate surface area is 146 Å². The summed E-state index contributed by atoms with van der Waals surface area (Å²) >= 11 is 0. The zero-order valence-electron chi connectivity index (χ0n) is 16.2. The molecular weight excluding hydrogens is 326 g/mol. The highest BCUT2D eigenvalue weighted by atomic mass is 28.3. The van der Waals surface area contributed by atoms with Crippen molar-refractivity contribution in [2.24, 2.45) is 0 Å². The van der Waals surface area contributed by atoms with Gasteiger partial charge in [-0.1, -0.05) is 19.6 Å². The summed E-state index contributed by atoms with van der Waals surface area (Å²) in [5.74, 6) is -0.432. The van der Waals surface area contributed by atoms with E-state index in [9.17, 15) is 9.59 Å². The van der Waals surface area contributed by atoms with Crippen molar-refractivity contribution < 1.29 is 23.8 Å². The van der Waals surface area contributed by atoms with Crippen molar-refractivity contribution in [3.8, 4) is 0 Å². The molecule has 24 heavy (non-hydrogen) atoms. The molecule has 0 N–H and O–H groups in total. The van der Waals surface area contributed by atoms with Gasteiger partial charge in [0.2, 0.25) is 0 Å². The molecule has 0 spiro atoms. The van der Waals surface area contributed by atoms with Crippen LogP contribution in [-0.2, 0) is 19.0 Å². The van der Waals surface area contributed by atoms with Gasteiger partial charge >= 0.3 is 12.1 Å². The molecule has 0 aliphatic carbocycles. The monoisotopic (exact) mass is 359 g/mol. The second-order valence-electron chi connectivity index (χ2n) is 8.62. The fraction of sp³-hybridized carbons (Fsp3) is 0.882. The summed E-state index contributed by atoms with van der Waals surface area (Å²) in [7, 11) is 0.134. The van der Waals surface area contributed by atoms with Crippen LogP contribution in [0.5, 0.6) is 0 Å². The summed E-state index contributed by atoms with van der Waals surface area (Å²) in [4.78, 5) is 26.5. The standard InChI is InChI=1S/C17H33NO5Si/c1-16(2,3)23-15(20)18-10-8-9-17(18,14(19)21-4)13-22-11-12-24(5,6)7/h8-13H2,1-7H3. The van der Waals surface area contributed by atoms with E-state index in [1.54, 1.807) is 0 Å². The van der Waals surface area contributed by atoms with Crippen LogP contribution in [0.25, 0.3) is 0 Å². The number of hydrogen-bond donors (Lipinski definition) is 0. The first-order valence-electron chi connectivity index (χ1n) is 8.58. The third-order valence-electron chi connectivity index (χ3n) is 4.01. The van der Waals surface area contributed by atoms with Gasteiger partial charge in [-0.3, -0.25) is 4.90 Å². The van der Waals surface area contributed by atoms with Crippen LogP contribution >= 0.6 is 0 Å². The Bertz CT molecular complexity index is 455. The Morgan fingerprint density at radius 2 is 1.83 bits per heavy atom. The lowest BCUT2D eigenvalue weighted by atomic mass is 9.97. The van der Waals surface area contributed by atoms with Crippen LogP contribution < -0.4 is 0 Å². The molecule has 0 radical (unpaired) electrons. The van der Waals surface area contributed by atoms with Crippen LogP contribution in [0.15, 0.2) is 0 Å². The van der Waals surface area contributed by atoms with E-state index in [0.717, 1.165) is 12.5 Å². The van der Waals surface area contributed by atoms with Crippen LogP contribution in [0.1, 0.15) is 33.6 Å². The van der Waals surface area contributed by atoms with E-state index >= 15 is 0 Å². The predicted octanol–water partition coefficient (Wildman–Crippen LogP) is 3.28. The Hall–Kier alpha value is -1.08. The minimum absolute atomic E-state index is 0.156. The molecule has 0 aromatic carbocycles. The molecule has 0 aromatic rings. The van der Waals surface area contributed by atoms with Crippen molar-refractivity contribution in [2.75, 3.05) is 26.9 Å². The maximum Gasteiger partial charge on any atom is 0.411 e. The van der Waals surface area contributed by atoms with Crippen molar-refractivity contribution in [3.63, 3.8) is 0 Å². The molecule has 1 atom stereocenters. The van der Waals surface area contributed by atoms with Gasteiger partial charge in [-0.05, 0) is 39.7 Å². The van der Waals surface area contributed by atoms with E-state index in [1.165, 1.54) is 12.0 Å². The lowest BCUT2D eigenvalue weighted by Crippen LogP contribution is -2.57. The van der Waals surface area contributed by atoms with E-state index in [0.29, 0.717) is 19.6 Å². The van der Waals surface area contributed by atoms with Crippen LogP contribution in [0.2, 0.25) is 25.7 Å².